The molecule has 0 saturated carbocycles. The maximum absolute atomic E-state index is 7.40. The highest BCUT2D eigenvalue weighted by Crippen LogP contribution is 2.08. The fourth-order valence-electron chi connectivity index (χ4n) is 0.951. The molecule has 0 aromatic carbocycles. The minimum Gasteiger partial charge on any atom is -0.309 e. The first-order valence-corrected chi connectivity index (χ1v) is 3.78. The van der Waals surface area contributed by atoms with Crippen LogP contribution in [-0.2, 0) is 0 Å². The third kappa shape index (κ3) is 3.44. The van der Waals surface area contributed by atoms with Gasteiger partial charge in [-0.2, -0.15) is 0 Å². The fraction of sp³-hybridized carbons (Fsp3) is 0.667. The lowest BCUT2D eigenvalue weighted by molar-refractivity contribution is 0.799. The van der Waals surface area contributed by atoms with Crippen LogP contribution >= 0.6 is 0 Å². The summed E-state index contributed by atoms with van der Waals surface area (Å²) in [5, 5.41) is 7.40. The molecule has 0 amide bonds. The van der Waals surface area contributed by atoms with E-state index in [9.17, 15) is 0 Å². The van der Waals surface area contributed by atoms with Crippen molar-refractivity contribution in [3.8, 4) is 0 Å². The first-order chi connectivity index (χ1) is 4.57. The summed E-state index contributed by atoms with van der Waals surface area (Å²) in [6, 6.07) is 0. The van der Waals surface area contributed by atoms with E-state index >= 15 is 0 Å². The summed E-state index contributed by atoms with van der Waals surface area (Å²) in [5.41, 5.74) is 2.07. The Bertz CT molecular complexity index is 141. The van der Waals surface area contributed by atoms with Gasteiger partial charge in [-0.15, -0.1) is 0 Å². The van der Waals surface area contributed by atoms with E-state index in [4.69, 9.17) is 5.41 Å². The number of hydrogen-bond acceptors (Lipinski definition) is 1. The lowest BCUT2D eigenvalue weighted by Crippen LogP contribution is -2.05. The van der Waals surface area contributed by atoms with Gasteiger partial charge in [0.05, 0.1) is 0 Å². The lowest BCUT2D eigenvalue weighted by Gasteiger charge is -2.07. The van der Waals surface area contributed by atoms with E-state index in [1.807, 2.05) is 6.92 Å². The average molecular weight is 139 g/mol. The smallest absolute Gasteiger partial charge is 0.0142 e. The molecule has 1 atom stereocenters. The van der Waals surface area contributed by atoms with Crippen LogP contribution in [0.1, 0.15) is 34.1 Å². The molecule has 0 spiro atoms. The van der Waals surface area contributed by atoms with Gasteiger partial charge in [0.15, 0.2) is 0 Å². The van der Waals surface area contributed by atoms with Crippen LogP contribution in [0.25, 0.3) is 0 Å². The van der Waals surface area contributed by atoms with Crippen molar-refractivity contribution in [1.29, 1.82) is 5.41 Å². The minimum atomic E-state index is 0.366. The topological polar surface area (TPSA) is 23.9 Å². The van der Waals surface area contributed by atoms with Crippen LogP contribution in [0.2, 0.25) is 0 Å². The number of allylic oxidation sites excluding steroid dienone is 2. The summed E-state index contributed by atoms with van der Waals surface area (Å²) in [6.07, 6.45) is 3.20. The standard InChI is InChI=1S/C9H17N/c1-5-9(8(4)10)6-7(2)3/h6,9-10H,5H2,1-4H3. The highest BCUT2D eigenvalue weighted by atomic mass is 14.4. The third-order valence-electron chi connectivity index (χ3n) is 1.53. The van der Waals surface area contributed by atoms with Gasteiger partial charge in [-0.25, -0.2) is 0 Å². The first-order valence-electron chi connectivity index (χ1n) is 3.78. The Morgan fingerprint density at radius 3 is 2.00 bits per heavy atom. The molecule has 1 nitrogen and oxygen atoms in total. The summed E-state index contributed by atoms with van der Waals surface area (Å²) in [5.74, 6) is 0.366. The molecule has 0 aliphatic carbocycles. The van der Waals surface area contributed by atoms with Gasteiger partial charge in [-0.05, 0) is 27.2 Å². The van der Waals surface area contributed by atoms with Crippen molar-refractivity contribution in [3.05, 3.63) is 11.6 Å². The van der Waals surface area contributed by atoms with Crippen LogP contribution in [-0.4, -0.2) is 5.71 Å². The molecule has 0 aliphatic rings. The van der Waals surface area contributed by atoms with Gasteiger partial charge in [0.2, 0.25) is 0 Å². The molecule has 1 heteroatoms. The summed E-state index contributed by atoms with van der Waals surface area (Å²) in [6.45, 7) is 8.13. The highest BCUT2D eigenvalue weighted by Gasteiger charge is 2.02. The van der Waals surface area contributed by atoms with E-state index in [2.05, 4.69) is 26.8 Å². The zero-order valence-corrected chi connectivity index (χ0v) is 7.36. The van der Waals surface area contributed by atoms with E-state index in [1.54, 1.807) is 0 Å². The Kier molecular flexibility index (Phi) is 4.01. The molecule has 58 valence electrons. The second-order valence-electron chi connectivity index (χ2n) is 2.94. The Labute approximate surface area is 63.7 Å². The van der Waals surface area contributed by atoms with E-state index < -0.39 is 0 Å². The quantitative estimate of drug-likeness (QED) is 0.459. The molecular formula is C9H17N. The van der Waals surface area contributed by atoms with Gasteiger partial charge in [-0.1, -0.05) is 18.6 Å². The van der Waals surface area contributed by atoms with Gasteiger partial charge in [0.25, 0.3) is 0 Å². The maximum Gasteiger partial charge on any atom is 0.0142 e. The highest BCUT2D eigenvalue weighted by molar-refractivity contribution is 5.82. The molecule has 1 unspecified atom stereocenters. The largest absolute Gasteiger partial charge is 0.309 e. The van der Waals surface area contributed by atoms with Gasteiger partial charge < -0.3 is 5.41 Å². The maximum atomic E-state index is 7.40. The molecule has 1 N–H and O–H groups in total. The Morgan fingerprint density at radius 2 is 1.90 bits per heavy atom. The zero-order valence-electron chi connectivity index (χ0n) is 7.36. The van der Waals surface area contributed by atoms with E-state index in [-0.39, 0.29) is 0 Å². The monoisotopic (exact) mass is 139 g/mol. The molecule has 0 saturated heterocycles. The fourth-order valence-corrected chi connectivity index (χ4v) is 0.951. The van der Waals surface area contributed by atoms with Crippen molar-refractivity contribution in [2.24, 2.45) is 5.92 Å². The third-order valence-corrected chi connectivity index (χ3v) is 1.53. The van der Waals surface area contributed by atoms with Crippen LogP contribution in [0.4, 0.5) is 0 Å². The number of rotatable bonds is 3. The van der Waals surface area contributed by atoms with Gasteiger partial charge in [-0.3, -0.25) is 0 Å². The second-order valence-corrected chi connectivity index (χ2v) is 2.94. The molecule has 0 rings (SSSR count). The van der Waals surface area contributed by atoms with Crippen LogP contribution < -0.4 is 0 Å². The van der Waals surface area contributed by atoms with Gasteiger partial charge >= 0.3 is 0 Å². The van der Waals surface area contributed by atoms with E-state index in [0.29, 0.717) is 5.92 Å². The number of hydrogen-bond donors (Lipinski definition) is 1. The van der Waals surface area contributed by atoms with E-state index in [0.717, 1.165) is 12.1 Å². The van der Waals surface area contributed by atoms with Gasteiger partial charge in [0, 0.05) is 11.6 Å². The Hall–Kier alpha value is -0.590. The van der Waals surface area contributed by atoms with Crippen LogP contribution in [0.3, 0.4) is 0 Å². The van der Waals surface area contributed by atoms with Crippen LogP contribution in [0.15, 0.2) is 11.6 Å². The Balaban J connectivity index is 4.09. The molecule has 0 fully saturated rings. The molecule has 0 aromatic rings. The van der Waals surface area contributed by atoms with Gasteiger partial charge in [0.1, 0.15) is 0 Å². The molecule has 0 heterocycles. The molecule has 0 bridgehead atoms. The molecule has 0 radical (unpaired) electrons. The zero-order chi connectivity index (χ0) is 8.15. The average Bonchev–Trinajstić information content (AvgIpc) is 1.81. The van der Waals surface area contributed by atoms with E-state index in [1.165, 1.54) is 5.57 Å². The van der Waals surface area contributed by atoms with Crippen LogP contribution in [0.5, 0.6) is 0 Å². The molecule has 0 aliphatic heterocycles. The summed E-state index contributed by atoms with van der Waals surface area (Å²) in [7, 11) is 0. The molecular weight excluding hydrogens is 122 g/mol. The first kappa shape index (κ1) is 9.41. The van der Waals surface area contributed by atoms with Crippen molar-refractivity contribution >= 4 is 5.71 Å². The predicted molar refractivity (Wildman–Crippen MR) is 46.6 cm³/mol. The second kappa shape index (κ2) is 4.26. The van der Waals surface area contributed by atoms with Crippen molar-refractivity contribution < 1.29 is 0 Å². The molecule has 10 heavy (non-hydrogen) atoms. The normalized spacial score (nSPS) is 12.4. The van der Waals surface area contributed by atoms with Crippen molar-refractivity contribution in [2.45, 2.75) is 34.1 Å². The summed E-state index contributed by atoms with van der Waals surface area (Å²) in [4.78, 5) is 0. The van der Waals surface area contributed by atoms with Crippen molar-refractivity contribution in [1.82, 2.24) is 0 Å². The lowest BCUT2D eigenvalue weighted by atomic mass is 9.99. The number of nitrogens with one attached hydrogen (secondary N) is 1. The SMILES string of the molecule is CCC(C=C(C)C)C(C)=N. The summed E-state index contributed by atoms with van der Waals surface area (Å²) < 4.78 is 0. The minimum absolute atomic E-state index is 0.366. The Morgan fingerprint density at radius 1 is 1.40 bits per heavy atom. The van der Waals surface area contributed by atoms with Crippen molar-refractivity contribution in [2.75, 3.05) is 0 Å². The molecule has 0 aromatic heterocycles. The summed E-state index contributed by atoms with van der Waals surface area (Å²) >= 11 is 0. The van der Waals surface area contributed by atoms with Crippen molar-refractivity contribution in [3.63, 3.8) is 0 Å². The predicted octanol–water partition coefficient (Wildman–Crippen LogP) is 3.02. The van der Waals surface area contributed by atoms with Crippen LogP contribution in [0, 0.1) is 11.3 Å².